The lowest BCUT2D eigenvalue weighted by atomic mass is 10.1. The lowest BCUT2D eigenvalue weighted by Crippen LogP contribution is -2.35. The summed E-state index contributed by atoms with van der Waals surface area (Å²) in [6.07, 6.45) is -2.97. The molecule has 0 radical (unpaired) electrons. The number of amides is 1. The molecular formula is C12H12F2N2O2. The molecule has 2 aromatic rings. The van der Waals surface area contributed by atoms with E-state index in [1.54, 1.807) is 24.4 Å². The smallest absolute Gasteiger partial charge is 0.265 e. The summed E-state index contributed by atoms with van der Waals surface area (Å²) in [6, 6.07) is 6.83. The Bertz CT molecular complexity index is 554. The molecule has 0 aliphatic carbocycles. The standard InChI is InChI=1S/C12H12F2N2O2/c13-11(14)10(17)6-16-12(18)8-2-1-7-3-4-15-9(7)5-8/h1-5,10-11,15,17H,6H2,(H,16,18). The number of aliphatic hydroxyl groups excluding tert-OH is 1. The zero-order valence-corrected chi connectivity index (χ0v) is 9.36. The van der Waals surface area contributed by atoms with E-state index in [2.05, 4.69) is 10.3 Å². The van der Waals surface area contributed by atoms with Crippen LogP contribution in [-0.2, 0) is 0 Å². The number of H-pyrrole nitrogens is 1. The summed E-state index contributed by atoms with van der Waals surface area (Å²) in [7, 11) is 0. The molecular weight excluding hydrogens is 242 g/mol. The second-order valence-corrected chi connectivity index (χ2v) is 3.89. The van der Waals surface area contributed by atoms with Crippen molar-refractivity contribution in [2.45, 2.75) is 12.5 Å². The highest BCUT2D eigenvalue weighted by atomic mass is 19.3. The Labute approximate surface area is 102 Å². The van der Waals surface area contributed by atoms with Gasteiger partial charge in [-0.05, 0) is 23.6 Å². The van der Waals surface area contributed by atoms with Gasteiger partial charge in [0.25, 0.3) is 12.3 Å². The Balaban J connectivity index is 2.04. The molecule has 1 heterocycles. The normalized spacial score (nSPS) is 12.9. The fourth-order valence-corrected chi connectivity index (χ4v) is 1.58. The number of nitrogens with one attached hydrogen (secondary N) is 2. The van der Waals surface area contributed by atoms with Gasteiger partial charge in [-0.15, -0.1) is 0 Å². The molecule has 0 saturated heterocycles. The van der Waals surface area contributed by atoms with Crippen molar-refractivity contribution in [1.29, 1.82) is 0 Å². The van der Waals surface area contributed by atoms with Gasteiger partial charge in [0.1, 0.15) is 6.10 Å². The van der Waals surface area contributed by atoms with Crippen LogP contribution in [0.5, 0.6) is 0 Å². The van der Waals surface area contributed by atoms with E-state index >= 15 is 0 Å². The van der Waals surface area contributed by atoms with Gasteiger partial charge in [0.15, 0.2) is 0 Å². The van der Waals surface area contributed by atoms with Crippen molar-refractivity contribution in [3.8, 4) is 0 Å². The molecule has 0 spiro atoms. The van der Waals surface area contributed by atoms with E-state index in [-0.39, 0.29) is 0 Å². The average Bonchev–Trinajstić information content (AvgIpc) is 2.82. The largest absolute Gasteiger partial charge is 0.385 e. The van der Waals surface area contributed by atoms with Crippen molar-refractivity contribution in [3.63, 3.8) is 0 Å². The third-order valence-electron chi connectivity index (χ3n) is 2.58. The van der Waals surface area contributed by atoms with Gasteiger partial charge in [-0.1, -0.05) is 6.07 Å². The third kappa shape index (κ3) is 2.65. The number of rotatable bonds is 4. The van der Waals surface area contributed by atoms with Crippen LogP contribution >= 0.6 is 0 Å². The molecule has 2 rings (SSSR count). The molecule has 1 atom stereocenters. The van der Waals surface area contributed by atoms with Gasteiger partial charge in [-0.2, -0.15) is 0 Å². The quantitative estimate of drug-likeness (QED) is 0.774. The topological polar surface area (TPSA) is 65.1 Å². The van der Waals surface area contributed by atoms with Crippen LogP contribution in [-0.4, -0.2) is 35.1 Å². The molecule has 1 amide bonds. The summed E-state index contributed by atoms with van der Waals surface area (Å²) in [5.41, 5.74) is 1.14. The number of hydrogen-bond acceptors (Lipinski definition) is 2. The molecule has 0 saturated carbocycles. The van der Waals surface area contributed by atoms with E-state index in [4.69, 9.17) is 5.11 Å². The minimum Gasteiger partial charge on any atom is -0.385 e. The summed E-state index contributed by atoms with van der Waals surface area (Å²) in [5, 5.41) is 12.1. The van der Waals surface area contributed by atoms with Crippen LogP contribution in [0.1, 0.15) is 10.4 Å². The summed E-state index contributed by atoms with van der Waals surface area (Å²) >= 11 is 0. The highest BCUT2D eigenvalue weighted by Gasteiger charge is 2.17. The molecule has 0 aliphatic rings. The van der Waals surface area contributed by atoms with E-state index in [0.717, 1.165) is 10.9 Å². The van der Waals surface area contributed by atoms with Crippen molar-refractivity contribution in [1.82, 2.24) is 10.3 Å². The van der Waals surface area contributed by atoms with Crippen LogP contribution in [0.3, 0.4) is 0 Å². The molecule has 0 bridgehead atoms. The number of halogens is 2. The Morgan fingerprint density at radius 2 is 2.17 bits per heavy atom. The Morgan fingerprint density at radius 1 is 1.39 bits per heavy atom. The molecule has 0 aliphatic heterocycles. The van der Waals surface area contributed by atoms with E-state index in [9.17, 15) is 13.6 Å². The second-order valence-electron chi connectivity index (χ2n) is 3.89. The summed E-state index contributed by atoms with van der Waals surface area (Å²) < 4.78 is 24.1. The molecule has 1 aromatic heterocycles. The van der Waals surface area contributed by atoms with E-state index in [1.165, 1.54) is 0 Å². The zero-order valence-electron chi connectivity index (χ0n) is 9.36. The van der Waals surface area contributed by atoms with Gasteiger partial charge in [0.05, 0.1) is 0 Å². The molecule has 0 fully saturated rings. The monoisotopic (exact) mass is 254 g/mol. The summed E-state index contributed by atoms with van der Waals surface area (Å²) in [5.74, 6) is -0.494. The molecule has 6 heteroatoms. The predicted octanol–water partition coefficient (Wildman–Crippen LogP) is 1.52. The van der Waals surface area contributed by atoms with Gasteiger partial charge in [0, 0.05) is 23.8 Å². The molecule has 3 N–H and O–H groups in total. The van der Waals surface area contributed by atoms with Crippen LogP contribution in [0.2, 0.25) is 0 Å². The van der Waals surface area contributed by atoms with Crippen LogP contribution in [0.25, 0.3) is 10.9 Å². The van der Waals surface area contributed by atoms with E-state index in [0.29, 0.717) is 5.56 Å². The van der Waals surface area contributed by atoms with Gasteiger partial charge in [0.2, 0.25) is 0 Å². The van der Waals surface area contributed by atoms with Crippen LogP contribution in [0.15, 0.2) is 30.5 Å². The Morgan fingerprint density at radius 3 is 2.89 bits per heavy atom. The number of fused-ring (bicyclic) bond motifs is 1. The number of aliphatic hydroxyl groups is 1. The van der Waals surface area contributed by atoms with E-state index < -0.39 is 25.0 Å². The van der Waals surface area contributed by atoms with Crippen LogP contribution in [0.4, 0.5) is 8.78 Å². The Kier molecular flexibility index (Phi) is 3.57. The summed E-state index contributed by atoms with van der Waals surface area (Å²) in [6.45, 7) is -0.473. The molecule has 1 unspecified atom stereocenters. The van der Waals surface area contributed by atoms with Gasteiger partial charge in [-0.25, -0.2) is 8.78 Å². The number of alkyl halides is 2. The lowest BCUT2D eigenvalue weighted by molar-refractivity contribution is -0.00270. The fourth-order valence-electron chi connectivity index (χ4n) is 1.58. The number of carbonyl (C=O) groups is 1. The second kappa shape index (κ2) is 5.14. The van der Waals surface area contributed by atoms with Crippen molar-refractivity contribution >= 4 is 16.8 Å². The lowest BCUT2D eigenvalue weighted by Gasteiger charge is -2.10. The maximum atomic E-state index is 12.0. The predicted molar refractivity (Wildman–Crippen MR) is 62.6 cm³/mol. The number of hydrogen-bond donors (Lipinski definition) is 3. The van der Waals surface area contributed by atoms with Crippen molar-refractivity contribution in [3.05, 3.63) is 36.0 Å². The van der Waals surface area contributed by atoms with Crippen LogP contribution in [0, 0.1) is 0 Å². The Hall–Kier alpha value is -1.95. The number of benzene rings is 1. The first-order valence-electron chi connectivity index (χ1n) is 5.39. The van der Waals surface area contributed by atoms with Crippen molar-refractivity contribution in [2.24, 2.45) is 0 Å². The fraction of sp³-hybridized carbons (Fsp3) is 0.250. The first kappa shape index (κ1) is 12.5. The minimum absolute atomic E-state index is 0.353. The van der Waals surface area contributed by atoms with Gasteiger partial charge in [-0.3, -0.25) is 4.79 Å². The zero-order chi connectivity index (χ0) is 13.1. The molecule has 96 valence electrons. The number of aromatic amines is 1. The highest BCUT2D eigenvalue weighted by Crippen LogP contribution is 2.14. The number of aromatic nitrogens is 1. The van der Waals surface area contributed by atoms with Gasteiger partial charge < -0.3 is 15.4 Å². The third-order valence-corrected chi connectivity index (χ3v) is 2.58. The molecule has 4 nitrogen and oxygen atoms in total. The summed E-state index contributed by atoms with van der Waals surface area (Å²) in [4.78, 5) is 14.6. The molecule has 18 heavy (non-hydrogen) atoms. The maximum Gasteiger partial charge on any atom is 0.265 e. The highest BCUT2D eigenvalue weighted by molar-refractivity contribution is 5.97. The average molecular weight is 254 g/mol. The first-order valence-corrected chi connectivity index (χ1v) is 5.39. The number of carbonyl (C=O) groups excluding carboxylic acids is 1. The van der Waals surface area contributed by atoms with Crippen molar-refractivity contribution in [2.75, 3.05) is 6.54 Å². The van der Waals surface area contributed by atoms with Crippen LogP contribution < -0.4 is 5.32 Å². The molecule has 1 aromatic carbocycles. The van der Waals surface area contributed by atoms with Gasteiger partial charge >= 0.3 is 0 Å². The maximum absolute atomic E-state index is 12.0. The first-order chi connectivity index (χ1) is 8.58. The van der Waals surface area contributed by atoms with Crippen molar-refractivity contribution < 1.29 is 18.7 Å². The minimum atomic E-state index is -2.86. The van der Waals surface area contributed by atoms with E-state index in [1.807, 2.05) is 6.07 Å². The SMILES string of the molecule is O=C(NCC(O)C(F)F)c1ccc2cc[nH]c2c1.